The summed E-state index contributed by atoms with van der Waals surface area (Å²) in [4.78, 5) is 13.9. The lowest BCUT2D eigenvalue weighted by Gasteiger charge is -2.28. The molecule has 0 aliphatic rings. The van der Waals surface area contributed by atoms with Gasteiger partial charge in [-0.25, -0.2) is 0 Å². The van der Waals surface area contributed by atoms with Gasteiger partial charge in [0.25, 0.3) is 0 Å². The Morgan fingerprint density at radius 2 is 2.17 bits per heavy atom. The number of Topliss-reactive ketones (excluding diaryl/α,β-unsaturated/α-hetero) is 1. The van der Waals surface area contributed by atoms with Crippen LogP contribution in [0, 0.1) is 0 Å². The van der Waals surface area contributed by atoms with Gasteiger partial charge in [-0.05, 0) is 50.5 Å². The van der Waals surface area contributed by atoms with Gasteiger partial charge in [0, 0.05) is 28.8 Å². The van der Waals surface area contributed by atoms with E-state index in [2.05, 4.69) is 41.1 Å². The number of hydrogen-bond acceptors (Lipinski definition) is 3. The molecule has 0 spiro atoms. The minimum absolute atomic E-state index is 0.107. The number of hydrogen-bond donors (Lipinski definition) is 0. The molecule has 0 aliphatic heterocycles. The Labute approximate surface area is 122 Å². The van der Waals surface area contributed by atoms with E-state index >= 15 is 0 Å². The second-order valence-corrected chi connectivity index (χ2v) is 6.36. The van der Waals surface area contributed by atoms with Crippen LogP contribution in [0.3, 0.4) is 0 Å². The van der Waals surface area contributed by atoms with Crippen LogP contribution in [0.1, 0.15) is 30.6 Å². The SMILES string of the molecule is CSCCC(C)N(C)c1ccc(Br)cc1C(C)=O. The van der Waals surface area contributed by atoms with Crippen molar-refractivity contribution in [2.75, 3.05) is 24.0 Å². The fourth-order valence-corrected chi connectivity index (χ4v) is 2.76. The molecule has 2 nitrogen and oxygen atoms in total. The van der Waals surface area contributed by atoms with Gasteiger partial charge < -0.3 is 4.90 Å². The first-order valence-corrected chi connectivity index (χ1v) is 8.18. The van der Waals surface area contributed by atoms with Gasteiger partial charge in [0.1, 0.15) is 0 Å². The molecule has 0 saturated carbocycles. The van der Waals surface area contributed by atoms with Gasteiger partial charge in [0.05, 0.1) is 0 Å². The first-order chi connectivity index (χ1) is 8.47. The van der Waals surface area contributed by atoms with Crippen LogP contribution < -0.4 is 4.90 Å². The number of ketones is 1. The molecular formula is C14H20BrNOS. The summed E-state index contributed by atoms with van der Waals surface area (Å²) in [5.41, 5.74) is 1.79. The number of anilines is 1. The zero-order valence-electron chi connectivity index (χ0n) is 11.4. The molecule has 1 aromatic carbocycles. The predicted octanol–water partition coefficient (Wildman–Crippen LogP) is 4.23. The van der Waals surface area contributed by atoms with Gasteiger partial charge in [0.15, 0.2) is 5.78 Å². The molecule has 1 aromatic rings. The molecule has 0 heterocycles. The van der Waals surface area contributed by atoms with Crippen LogP contribution in [-0.2, 0) is 0 Å². The summed E-state index contributed by atoms with van der Waals surface area (Å²) in [6.45, 7) is 3.81. The van der Waals surface area contributed by atoms with Crippen LogP contribution in [0.15, 0.2) is 22.7 Å². The van der Waals surface area contributed by atoms with E-state index in [4.69, 9.17) is 0 Å². The molecule has 0 bridgehead atoms. The Bertz CT molecular complexity index is 422. The highest BCUT2D eigenvalue weighted by atomic mass is 79.9. The summed E-state index contributed by atoms with van der Waals surface area (Å²) in [7, 11) is 2.06. The third-order valence-corrected chi connectivity index (χ3v) is 4.26. The Morgan fingerprint density at radius 3 is 2.72 bits per heavy atom. The molecule has 1 rings (SSSR count). The average Bonchev–Trinajstić information content (AvgIpc) is 2.34. The number of benzene rings is 1. The van der Waals surface area contributed by atoms with Crippen molar-refractivity contribution in [1.29, 1.82) is 0 Å². The third-order valence-electron chi connectivity index (χ3n) is 3.12. The fourth-order valence-electron chi connectivity index (χ4n) is 1.82. The lowest BCUT2D eigenvalue weighted by atomic mass is 10.1. The first-order valence-electron chi connectivity index (χ1n) is 5.99. The van der Waals surface area contributed by atoms with Crippen molar-refractivity contribution in [3.8, 4) is 0 Å². The largest absolute Gasteiger partial charge is 0.371 e. The summed E-state index contributed by atoms with van der Waals surface area (Å²) in [5, 5.41) is 0. The molecule has 100 valence electrons. The molecule has 18 heavy (non-hydrogen) atoms. The summed E-state index contributed by atoms with van der Waals surface area (Å²) >= 11 is 5.27. The molecule has 0 N–H and O–H groups in total. The zero-order valence-corrected chi connectivity index (χ0v) is 13.8. The van der Waals surface area contributed by atoms with Crippen LogP contribution in [0.2, 0.25) is 0 Å². The Hall–Kier alpha value is -0.480. The number of nitrogens with zero attached hydrogens (tertiary/aromatic N) is 1. The van der Waals surface area contributed by atoms with Crippen LogP contribution in [-0.4, -0.2) is 30.9 Å². The van der Waals surface area contributed by atoms with Crippen molar-refractivity contribution in [3.05, 3.63) is 28.2 Å². The smallest absolute Gasteiger partial charge is 0.161 e. The van der Waals surface area contributed by atoms with Gasteiger partial charge in [0.2, 0.25) is 0 Å². The highest BCUT2D eigenvalue weighted by molar-refractivity contribution is 9.10. The fraction of sp³-hybridized carbons (Fsp3) is 0.500. The highest BCUT2D eigenvalue weighted by Crippen LogP contribution is 2.26. The number of carbonyl (C=O) groups is 1. The van der Waals surface area contributed by atoms with Gasteiger partial charge in [-0.1, -0.05) is 15.9 Å². The van der Waals surface area contributed by atoms with Gasteiger partial charge in [-0.15, -0.1) is 0 Å². The number of thioether (sulfide) groups is 1. The van der Waals surface area contributed by atoms with E-state index in [-0.39, 0.29) is 5.78 Å². The molecule has 1 unspecified atom stereocenters. The molecule has 4 heteroatoms. The Kier molecular flexibility index (Phi) is 6.22. The van der Waals surface area contributed by atoms with Crippen molar-refractivity contribution >= 4 is 39.2 Å². The zero-order chi connectivity index (χ0) is 13.7. The molecule has 0 aromatic heterocycles. The molecule has 0 saturated heterocycles. The molecule has 1 atom stereocenters. The Balaban J connectivity index is 2.97. The number of halogens is 1. The van der Waals surface area contributed by atoms with E-state index in [1.165, 1.54) is 0 Å². The summed E-state index contributed by atoms with van der Waals surface area (Å²) < 4.78 is 0.946. The maximum absolute atomic E-state index is 11.7. The quantitative estimate of drug-likeness (QED) is 0.728. The Morgan fingerprint density at radius 1 is 1.50 bits per heavy atom. The van der Waals surface area contributed by atoms with E-state index in [0.717, 1.165) is 27.9 Å². The maximum Gasteiger partial charge on any atom is 0.161 e. The van der Waals surface area contributed by atoms with Gasteiger partial charge in [-0.2, -0.15) is 11.8 Å². The number of carbonyl (C=O) groups excluding carboxylic acids is 1. The van der Waals surface area contributed by atoms with Crippen LogP contribution in [0.25, 0.3) is 0 Å². The molecule has 0 radical (unpaired) electrons. The van der Waals surface area contributed by atoms with Crippen LogP contribution >= 0.6 is 27.7 Å². The normalized spacial score (nSPS) is 12.3. The summed E-state index contributed by atoms with van der Waals surface area (Å²) in [6, 6.07) is 6.32. The third kappa shape index (κ3) is 4.02. The summed E-state index contributed by atoms with van der Waals surface area (Å²) in [6.07, 6.45) is 3.23. The minimum Gasteiger partial charge on any atom is -0.371 e. The standard InChI is InChI=1S/C14H20BrNOS/c1-10(7-8-18-4)16(3)14-6-5-12(15)9-13(14)11(2)17/h5-6,9-10H,7-8H2,1-4H3. The topological polar surface area (TPSA) is 20.3 Å². The monoisotopic (exact) mass is 329 g/mol. The van der Waals surface area contributed by atoms with E-state index in [0.29, 0.717) is 6.04 Å². The van der Waals surface area contributed by atoms with Crippen molar-refractivity contribution in [2.45, 2.75) is 26.3 Å². The van der Waals surface area contributed by atoms with Crippen molar-refractivity contribution in [1.82, 2.24) is 0 Å². The molecule has 0 aliphatic carbocycles. The van der Waals surface area contributed by atoms with Gasteiger partial charge in [-0.3, -0.25) is 4.79 Å². The second kappa shape index (κ2) is 7.19. The second-order valence-electron chi connectivity index (χ2n) is 4.46. The van der Waals surface area contributed by atoms with Gasteiger partial charge >= 0.3 is 0 Å². The maximum atomic E-state index is 11.7. The average molecular weight is 330 g/mol. The van der Waals surface area contributed by atoms with Crippen molar-refractivity contribution < 1.29 is 4.79 Å². The molecular weight excluding hydrogens is 310 g/mol. The number of rotatable bonds is 6. The minimum atomic E-state index is 0.107. The van der Waals surface area contributed by atoms with E-state index in [9.17, 15) is 4.79 Å². The van der Waals surface area contributed by atoms with E-state index in [1.54, 1.807) is 6.92 Å². The predicted molar refractivity (Wildman–Crippen MR) is 85.0 cm³/mol. The lowest BCUT2D eigenvalue weighted by molar-refractivity contribution is 0.101. The molecule has 0 fully saturated rings. The van der Waals surface area contributed by atoms with Crippen molar-refractivity contribution in [3.63, 3.8) is 0 Å². The van der Waals surface area contributed by atoms with Crippen LogP contribution in [0.5, 0.6) is 0 Å². The first kappa shape index (κ1) is 15.6. The van der Waals surface area contributed by atoms with E-state index in [1.807, 2.05) is 30.0 Å². The highest BCUT2D eigenvalue weighted by Gasteiger charge is 2.15. The summed E-state index contributed by atoms with van der Waals surface area (Å²) in [5.74, 6) is 1.24. The van der Waals surface area contributed by atoms with Crippen LogP contribution in [0.4, 0.5) is 5.69 Å². The lowest BCUT2D eigenvalue weighted by Crippen LogP contribution is -2.30. The van der Waals surface area contributed by atoms with E-state index < -0.39 is 0 Å². The molecule has 0 amide bonds. The van der Waals surface area contributed by atoms with Crippen molar-refractivity contribution in [2.24, 2.45) is 0 Å².